The highest BCUT2D eigenvalue weighted by molar-refractivity contribution is 6.03. The first-order valence-corrected chi connectivity index (χ1v) is 10.1. The molecule has 2 N–H and O–H groups in total. The predicted octanol–water partition coefficient (Wildman–Crippen LogP) is 4.73. The SMILES string of the molecule is COc1ccc(NC(=O)N2CCCC(C(=O)Nc3cccc4ccccc34)C2)cc1. The molecular weight excluding hydrogens is 378 g/mol. The Bertz CT molecular complexity index is 1040. The molecule has 1 fully saturated rings. The third kappa shape index (κ3) is 4.38. The van der Waals surface area contributed by atoms with Crippen molar-refractivity contribution >= 4 is 34.1 Å². The summed E-state index contributed by atoms with van der Waals surface area (Å²) in [7, 11) is 1.60. The highest BCUT2D eigenvalue weighted by Crippen LogP contribution is 2.25. The van der Waals surface area contributed by atoms with Crippen LogP contribution in [0.3, 0.4) is 0 Å². The van der Waals surface area contributed by atoms with Crippen LogP contribution < -0.4 is 15.4 Å². The number of ether oxygens (including phenoxy) is 1. The molecule has 0 saturated carbocycles. The molecule has 154 valence electrons. The molecule has 6 heteroatoms. The summed E-state index contributed by atoms with van der Waals surface area (Å²) in [6.45, 7) is 1.04. The third-order valence-electron chi connectivity index (χ3n) is 5.47. The largest absolute Gasteiger partial charge is 0.497 e. The Morgan fingerprint density at radius 2 is 1.73 bits per heavy atom. The Balaban J connectivity index is 1.40. The predicted molar refractivity (Wildman–Crippen MR) is 119 cm³/mol. The number of nitrogens with one attached hydrogen (secondary N) is 2. The number of hydrogen-bond donors (Lipinski definition) is 2. The average Bonchev–Trinajstić information content (AvgIpc) is 2.80. The minimum atomic E-state index is -0.237. The van der Waals surface area contributed by atoms with Gasteiger partial charge in [0.05, 0.1) is 13.0 Å². The number of fused-ring (bicyclic) bond motifs is 1. The van der Waals surface area contributed by atoms with E-state index in [-0.39, 0.29) is 17.9 Å². The summed E-state index contributed by atoms with van der Waals surface area (Å²) < 4.78 is 5.14. The van der Waals surface area contributed by atoms with Crippen LogP contribution in [0.15, 0.2) is 66.7 Å². The Morgan fingerprint density at radius 1 is 0.967 bits per heavy atom. The monoisotopic (exact) mass is 403 g/mol. The van der Waals surface area contributed by atoms with Crippen molar-refractivity contribution in [3.8, 4) is 5.75 Å². The molecule has 30 heavy (non-hydrogen) atoms. The second-order valence-corrected chi connectivity index (χ2v) is 7.46. The number of amides is 3. The van der Waals surface area contributed by atoms with Crippen molar-refractivity contribution in [3.63, 3.8) is 0 Å². The molecule has 3 amide bonds. The Kier molecular flexibility index (Phi) is 5.84. The van der Waals surface area contributed by atoms with E-state index >= 15 is 0 Å². The fourth-order valence-corrected chi connectivity index (χ4v) is 3.82. The highest BCUT2D eigenvalue weighted by atomic mass is 16.5. The van der Waals surface area contributed by atoms with Gasteiger partial charge in [-0.2, -0.15) is 0 Å². The van der Waals surface area contributed by atoms with Crippen molar-refractivity contribution in [2.45, 2.75) is 12.8 Å². The summed E-state index contributed by atoms with van der Waals surface area (Å²) in [6.07, 6.45) is 1.56. The van der Waals surface area contributed by atoms with Crippen LogP contribution in [0.1, 0.15) is 12.8 Å². The number of methoxy groups -OCH3 is 1. The van der Waals surface area contributed by atoms with Crippen LogP contribution in [0.25, 0.3) is 10.8 Å². The Hall–Kier alpha value is -3.54. The quantitative estimate of drug-likeness (QED) is 0.662. The number of rotatable bonds is 4. The van der Waals surface area contributed by atoms with Gasteiger partial charge in [-0.05, 0) is 48.6 Å². The van der Waals surface area contributed by atoms with Crippen molar-refractivity contribution in [1.82, 2.24) is 4.90 Å². The summed E-state index contributed by atoms with van der Waals surface area (Å²) in [5, 5.41) is 8.06. The van der Waals surface area contributed by atoms with Crippen LogP contribution in [0.2, 0.25) is 0 Å². The molecule has 0 aromatic heterocycles. The maximum atomic E-state index is 12.9. The lowest BCUT2D eigenvalue weighted by Crippen LogP contribution is -2.45. The molecule has 0 bridgehead atoms. The van der Waals surface area contributed by atoms with Gasteiger partial charge >= 0.3 is 6.03 Å². The van der Waals surface area contributed by atoms with Gasteiger partial charge in [0.1, 0.15) is 5.75 Å². The van der Waals surface area contributed by atoms with Crippen molar-refractivity contribution in [2.24, 2.45) is 5.92 Å². The van der Waals surface area contributed by atoms with Gasteiger partial charge in [0.2, 0.25) is 5.91 Å². The first kappa shape index (κ1) is 19.8. The van der Waals surface area contributed by atoms with Crippen molar-refractivity contribution in [3.05, 3.63) is 66.7 Å². The number of benzene rings is 3. The third-order valence-corrected chi connectivity index (χ3v) is 5.47. The molecule has 3 aromatic rings. The van der Waals surface area contributed by atoms with Crippen LogP contribution in [0.4, 0.5) is 16.2 Å². The van der Waals surface area contributed by atoms with Crippen LogP contribution in [0, 0.1) is 5.92 Å². The number of piperidine rings is 1. The molecule has 1 unspecified atom stereocenters. The molecule has 0 aliphatic carbocycles. The topological polar surface area (TPSA) is 70.7 Å². The van der Waals surface area contributed by atoms with E-state index in [2.05, 4.69) is 10.6 Å². The zero-order valence-electron chi connectivity index (χ0n) is 16.9. The zero-order valence-corrected chi connectivity index (χ0v) is 16.9. The van der Waals surface area contributed by atoms with E-state index in [9.17, 15) is 9.59 Å². The summed E-state index contributed by atoms with van der Waals surface area (Å²) in [6, 6.07) is 20.8. The maximum absolute atomic E-state index is 12.9. The lowest BCUT2D eigenvalue weighted by molar-refractivity contribution is -0.121. The van der Waals surface area contributed by atoms with Crippen LogP contribution >= 0.6 is 0 Å². The Labute approximate surface area is 175 Å². The van der Waals surface area contributed by atoms with E-state index in [0.29, 0.717) is 18.8 Å². The Morgan fingerprint density at radius 3 is 2.53 bits per heavy atom. The molecule has 1 aliphatic rings. The summed E-state index contributed by atoms with van der Waals surface area (Å²) in [4.78, 5) is 27.3. The maximum Gasteiger partial charge on any atom is 0.321 e. The zero-order chi connectivity index (χ0) is 20.9. The van der Waals surface area contributed by atoms with E-state index in [1.54, 1.807) is 36.3 Å². The molecule has 1 heterocycles. The molecule has 0 radical (unpaired) electrons. The second kappa shape index (κ2) is 8.86. The standard InChI is InChI=1S/C24H25N3O3/c1-30-20-13-11-19(12-14-20)25-24(29)27-15-5-8-18(16-27)23(28)26-22-10-4-7-17-6-2-3-9-21(17)22/h2-4,6-7,9-14,18H,5,8,15-16H2,1H3,(H,25,29)(H,26,28). The number of carbonyl (C=O) groups is 2. The molecule has 1 aliphatic heterocycles. The van der Waals surface area contributed by atoms with Crippen molar-refractivity contribution in [1.29, 1.82) is 0 Å². The minimum Gasteiger partial charge on any atom is -0.497 e. The number of likely N-dealkylation sites (tertiary alicyclic amines) is 1. The van der Waals surface area contributed by atoms with E-state index in [0.717, 1.165) is 35.1 Å². The molecule has 1 saturated heterocycles. The van der Waals surface area contributed by atoms with Gasteiger partial charge in [0.25, 0.3) is 0 Å². The van der Waals surface area contributed by atoms with Gasteiger partial charge in [-0.15, -0.1) is 0 Å². The van der Waals surface area contributed by atoms with E-state index in [4.69, 9.17) is 4.74 Å². The fraction of sp³-hybridized carbons (Fsp3) is 0.250. The molecule has 4 rings (SSSR count). The van der Waals surface area contributed by atoms with E-state index < -0.39 is 0 Å². The van der Waals surface area contributed by atoms with Gasteiger partial charge < -0.3 is 20.3 Å². The van der Waals surface area contributed by atoms with E-state index in [1.165, 1.54) is 0 Å². The number of urea groups is 1. The number of nitrogens with zero attached hydrogens (tertiary/aromatic N) is 1. The number of anilines is 2. The number of carbonyl (C=O) groups excluding carboxylic acids is 2. The fourth-order valence-electron chi connectivity index (χ4n) is 3.82. The lowest BCUT2D eigenvalue weighted by atomic mass is 9.97. The van der Waals surface area contributed by atoms with Crippen molar-refractivity contribution in [2.75, 3.05) is 30.8 Å². The number of hydrogen-bond acceptors (Lipinski definition) is 3. The normalized spacial score (nSPS) is 16.2. The smallest absolute Gasteiger partial charge is 0.321 e. The van der Waals surface area contributed by atoms with Crippen LogP contribution in [-0.2, 0) is 4.79 Å². The molecule has 1 atom stereocenters. The van der Waals surface area contributed by atoms with Gasteiger partial charge in [0, 0.05) is 29.9 Å². The van der Waals surface area contributed by atoms with Gasteiger partial charge in [0.15, 0.2) is 0 Å². The summed E-state index contributed by atoms with van der Waals surface area (Å²) in [5.41, 5.74) is 1.50. The average molecular weight is 403 g/mol. The first-order valence-electron chi connectivity index (χ1n) is 10.1. The highest BCUT2D eigenvalue weighted by Gasteiger charge is 2.28. The summed E-state index contributed by atoms with van der Waals surface area (Å²) >= 11 is 0. The molecular formula is C24H25N3O3. The van der Waals surface area contributed by atoms with Crippen LogP contribution in [0.5, 0.6) is 5.75 Å². The molecule has 0 spiro atoms. The second-order valence-electron chi connectivity index (χ2n) is 7.46. The van der Waals surface area contributed by atoms with E-state index in [1.807, 2.05) is 42.5 Å². The van der Waals surface area contributed by atoms with Gasteiger partial charge in [-0.3, -0.25) is 4.79 Å². The molecule has 3 aromatic carbocycles. The van der Waals surface area contributed by atoms with Crippen molar-refractivity contribution < 1.29 is 14.3 Å². The van der Waals surface area contributed by atoms with Gasteiger partial charge in [-0.1, -0.05) is 36.4 Å². The van der Waals surface area contributed by atoms with Crippen LogP contribution in [-0.4, -0.2) is 37.0 Å². The minimum absolute atomic E-state index is 0.0479. The summed E-state index contributed by atoms with van der Waals surface area (Å²) in [5.74, 6) is 0.448. The first-order chi connectivity index (χ1) is 14.6. The lowest BCUT2D eigenvalue weighted by Gasteiger charge is -2.32. The van der Waals surface area contributed by atoms with Gasteiger partial charge in [-0.25, -0.2) is 4.79 Å². The molecule has 6 nitrogen and oxygen atoms in total.